The summed E-state index contributed by atoms with van der Waals surface area (Å²) < 4.78 is 5.48. The van der Waals surface area contributed by atoms with E-state index in [0.29, 0.717) is 50.5 Å². The van der Waals surface area contributed by atoms with Gasteiger partial charge in [-0.2, -0.15) is 0 Å². The second kappa shape index (κ2) is 7.18. The lowest BCUT2D eigenvalue weighted by Gasteiger charge is -2.28. The summed E-state index contributed by atoms with van der Waals surface area (Å²) in [6.07, 6.45) is 4.06. The molecule has 2 N–H and O–H groups in total. The molecule has 0 amide bonds. The standard InChI is InChI=1S/C16H24O5/c1-2-14(18)13-9-12(7-8-15(13)19)21-16(20)10-3-5-11(17)6-4-10/h9-12,15,17,19H,2-8H2,1H3. The van der Waals surface area contributed by atoms with Crippen LogP contribution >= 0.6 is 0 Å². The van der Waals surface area contributed by atoms with Gasteiger partial charge in [0.05, 0.1) is 18.1 Å². The highest BCUT2D eigenvalue weighted by atomic mass is 16.5. The molecule has 0 aromatic rings. The predicted molar refractivity (Wildman–Crippen MR) is 76.5 cm³/mol. The molecule has 21 heavy (non-hydrogen) atoms. The molecule has 1 saturated carbocycles. The molecule has 0 spiro atoms. The van der Waals surface area contributed by atoms with Crippen molar-refractivity contribution in [3.8, 4) is 0 Å². The summed E-state index contributed by atoms with van der Waals surface area (Å²) in [6, 6.07) is 0. The summed E-state index contributed by atoms with van der Waals surface area (Å²) in [6.45, 7) is 1.75. The van der Waals surface area contributed by atoms with Gasteiger partial charge in [0.25, 0.3) is 0 Å². The number of ketones is 1. The van der Waals surface area contributed by atoms with Crippen LogP contribution in [0.2, 0.25) is 0 Å². The first-order valence-corrected chi connectivity index (χ1v) is 7.82. The van der Waals surface area contributed by atoms with Gasteiger partial charge in [-0.3, -0.25) is 9.59 Å². The van der Waals surface area contributed by atoms with Crippen LogP contribution in [0.15, 0.2) is 11.6 Å². The van der Waals surface area contributed by atoms with Crippen LogP contribution in [0.25, 0.3) is 0 Å². The highest BCUT2D eigenvalue weighted by Gasteiger charge is 2.31. The minimum atomic E-state index is -0.739. The maximum absolute atomic E-state index is 12.1. The molecule has 0 aromatic carbocycles. The lowest BCUT2D eigenvalue weighted by molar-refractivity contribution is -0.154. The van der Waals surface area contributed by atoms with Gasteiger partial charge in [0.2, 0.25) is 0 Å². The molecule has 118 valence electrons. The SMILES string of the molecule is CCC(=O)C1=CC(OC(=O)C2CCC(O)CC2)CCC1O. The average molecular weight is 296 g/mol. The third-order valence-corrected chi connectivity index (χ3v) is 4.39. The molecule has 5 heteroatoms. The van der Waals surface area contributed by atoms with Gasteiger partial charge in [-0.15, -0.1) is 0 Å². The molecule has 2 aliphatic carbocycles. The lowest BCUT2D eigenvalue weighted by Crippen LogP contribution is -2.32. The molecular formula is C16H24O5. The molecule has 2 atom stereocenters. The highest BCUT2D eigenvalue weighted by Crippen LogP contribution is 2.28. The first-order chi connectivity index (χ1) is 10.0. The monoisotopic (exact) mass is 296 g/mol. The van der Waals surface area contributed by atoms with Gasteiger partial charge in [-0.1, -0.05) is 6.92 Å². The van der Waals surface area contributed by atoms with E-state index in [4.69, 9.17) is 4.74 Å². The zero-order chi connectivity index (χ0) is 15.4. The number of carbonyl (C=O) groups is 2. The Balaban J connectivity index is 1.94. The number of esters is 1. The molecule has 1 fully saturated rings. The Morgan fingerprint density at radius 2 is 1.81 bits per heavy atom. The molecule has 2 unspecified atom stereocenters. The van der Waals surface area contributed by atoms with Crippen molar-refractivity contribution < 1.29 is 24.5 Å². The van der Waals surface area contributed by atoms with E-state index in [1.807, 2.05) is 0 Å². The largest absolute Gasteiger partial charge is 0.458 e. The summed E-state index contributed by atoms with van der Waals surface area (Å²) in [5, 5.41) is 19.3. The van der Waals surface area contributed by atoms with E-state index in [2.05, 4.69) is 0 Å². The van der Waals surface area contributed by atoms with Crippen LogP contribution in [-0.2, 0) is 14.3 Å². The third-order valence-electron chi connectivity index (χ3n) is 4.39. The van der Waals surface area contributed by atoms with Crippen LogP contribution in [0.3, 0.4) is 0 Å². The summed E-state index contributed by atoms with van der Waals surface area (Å²) in [7, 11) is 0. The lowest BCUT2D eigenvalue weighted by atomic mass is 9.87. The minimum Gasteiger partial charge on any atom is -0.458 e. The van der Waals surface area contributed by atoms with Crippen molar-refractivity contribution in [2.24, 2.45) is 5.92 Å². The third kappa shape index (κ3) is 4.14. The number of ether oxygens (including phenoxy) is 1. The van der Waals surface area contributed by atoms with Crippen LogP contribution in [0, 0.1) is 5.92 Å². The van der Waals surface area contributed by atoms with E-state index in [1.165, 1.54) is 0 Å². The number of hydrogen-bond acceptors (Lipinski definition) is 5. The molecular weight excluding hydrogens is 272 g/mol. The Kier molecular flexibility index (Phi) is 5.53. The van der Waals surface area contributed by atoms with Gasteiger partial charge in [0.1, 0.15) is 6.10 Å². The molecule has 2 rings (SSSR count). The Morgan fingerprint density at radius 1 is 1.14 bits per heavy atom. The summed E-state index contributed by atoms with van der Waals surface area (Å²) in [4.78, 5) is 23.9. The Morgan fingerprint density at radius 3 is 2.43 bits per heavy atom. The average Bonchev–Trinajstić information content (AvgIpc) is 2.49. The maximum Gasteiger partial charge on any atom is 0.309 e. The molecule has 0 aliphatic heterocycles. The van der Waals surface area contributed by atoms with Crippen molar-refractivity contribution in [1.82, 2.24) is 0 Å². The van der Waals surface area contributed by atoms with E-state index < -0.39 is 12.2 Å². The van der Waals surface area contributed by atoms with Gasteiger partial charge in [0.15, 0.2) is 5.78 Å². The molecule has 0 saturated heterocycles. The fourth-order valence-electron chi connectivity index (χ4n) is 3.01. The van der Waals surface area contributed by atoms with Gasteiger partial charge in [0, 0.05) is 12.0 Å². The minimum absolute atomic E-state index is 0.0935. The molecule has 2 aliphatic rings. The molecule has 0 bridgehead atoms. The molecule has 0 radical (unpaired) electrons. The van der Waals surface area contributed by atoms with Crippen molar-refractivity contribution >= 4 is 11.8 Å². The normalized spacial score (nSPS) is 33.2. The number of carbonyl (C=O) groups excluding carboxylic acids is 2. The zero-order valence-electron chi connectivity index (χ0n) is 12.5. The number of Topliss-reactive ketones (excluding diaryl/α,β-unsaturated/α-hetero) is 1. The van der Waals surface area contributed by atoms with Gasteiger partial charge >= 0.3 is 5.97 Å². The van der Waals surface area contributed by atoms with E-state index >= 15 is 0 Å². The Labute approximate surface area is 125 Å². The quantitative estimate of drug-likeness (QED) is 0.768. The Bertz CT molecular complexity index is 420. The molecule has 5 nitrogen and oxygen atoms in total. The molecule has 0 aromatic heterocycles. The number of rotatable bonds is 4. The van der Waals surface area contributed by atoms with Crippen molar-refractivity contribution in [3.63, 3.8) is 0 Å². The maximum atomic E-state index is 12.1. The van der Waals surface area contributed by atoms with Crippen LogP contribution in [0.5, 0.6) is 0 Å². The predicted octanol–water partition coefficient (Wildman–Crippen LogP) is 1.51. The van der Waals surface area contributed by atoms with Crippen molar-refractivity contribution in [2.45, 2.75) is 70.2 Å². The van der Waals surface area contributed by atoms with Gasteiger partial charge in [-0.05, 0) is 44.6 Å². The van der Waals surface area contributed by atoms with Crippen LogP contribution in [0.4, 0.5) is 0 Å². The zero-order valence-corrected chi connectivity index (χ0v) is 12.5. The first kappa shape index (κ1) is 16.2. The fourth-order valence-corrected chi connectivity index (χ4v) is 3.01. The van der Waals surface area contributed by atoms with Crippen molar-refractivity contribution in [2.75, 3.05) is 0 Å². The van der Waals surface area contributed by atoms with Crippen LogP contribution < -0.4 is 0 Å². The first-order valence-electron chi connectivity index (χ1n) is 7.82. The second-order valence-corrected chi connectivity index (χ2v) is 5.97. The summed E-state index contributed by atoms with van der Waals surface area (Å²) >= 11 is 0. The van der Waals surface area contributed by atoms with E-state index in [-0.39, 0.29) is 23.8 Å². The van der Waals surface area contributed by atoms with E-state index in [9.17, 15) is 19.8 Å². The number of aliphatic hydroxyl groups excluding tert-OH is 2. The smallest absolute Gasteiger partial charge is 0.309 e. The Hall–Kier alpha value is -1.20. The highest BCUT2D eigenvalue weighted by molar-refractivity contribution is 5.96. The van der Waals surface area contributed by atoms with Gasteiger partial charge in [-0.25, -0.2) is 0 Å². The van der Waals surface area contributed by atoms with E-state index in [0.717, 1.165) is 0 Å². The topological polar surface area (TPSA) is 83.8 Å². The van der Waals surface area contributed by atoms with Crippen molar-refractivity contribution in [3.05, 3.63) is 11.6 Å². The van der Waals surface area contributed by atoms with E-state index in [1.54, 1.807) is 13.0 Å². The summed E-state index contributed by atoms with van der Waals surface area (Å²) in [5.41, 5.74) is 0.376. The summed E-state index contributed by atoms with van der Waals surface area (Å²) in [5.74, 6) is -0.495. The van der Waals surface area contributed by atoms with Crippen LogP contribution in [0.1, 0.15) is 51.9 Å². The fraction of sp³-hybridized carbons (Fsp3) is 0.750. The van der Waals surface area contributed by atoms with Crippen LogP contribution in [-0.4, -0.2) is 40.3 Å². The molecule has 0 heterocycles. The van der Waals surface area contributed by atoms with Gasteiger partial charge < -0.3 is 14.9 Å². The second-order valence-electron chi connectivity index (χ2n) is 5.97. The number of aliphatic hydroxyl groups is 2. The number of hydrogen-bond donors (Lipinski definition) is 2. The van der Waals surface area contributed by atoms with Crippen molar-refractivity contribution in [1.29, 1.82) is 0 Å².